The lowest BCUT2D eigenvalue weighted by atomic mass is 10.1. The van der Waals surface area contributed by atoms with E-state index in [0.717, 1.165) is 23.6 Å². The van der Waals surface area contributed by atoms with Gasteiger partial charge in [0.1, 0.15) is 11.5 Å². The molecule has 0 unspecified atom stereocenters. The molecule has 0 spiro atoms. The zero-order valence-corrected chi connectivity index (χ0v) is 13.2. The number of hydrogen-bond donors (Lipinski definition) is 1. The van der Waals surface area contributed by atoms with Crippen molar-refractivity contribution in [2.45, 2.75) is 32.6 Å². The number of nitrogens with zero attached hydrogens (tertiary/aromatic N) is 1. The second kappa shape index (κ2) is 6.82. The maximum Gasteiger partial charge on any atom is 0.221 e. The number of aromatic hydroxyl groups is 1. The summed E-state index contributed by atoms with van der Waals surface area (Å²) < 4.78 is 20.0. The zero-order valence-electron chi connectivity index (χ0n) is 13.2. The Hall–Kier alpha value is -2.36. The SMILES string of the molecule is CCCCCCOc1ccc2c(c1)c(F)nc1cc(O)ccc12. The van der Waals surface area contributed by atoms with E-state index in [9.17, 15) is 9.50 Å². The second-order valence-electron chi connectivity index (χ2n) is 5.72. The van der Waals surface area contributed by atoms with Gasteiger partial charge in [-0.1, -0.05) is 26.2 Å². The van der Waals surface area contributed by atoms with E-state index in [1.54, 1.807) is 18.2 Å². The Morgan fingerprint density at radius 1 is 1.00 bits per heavy atom. The molecule has 3 rings (SSSR count). The molecule has 0 saturated carbocycles. The largest absolute Gasteiger partial charge is 0.508 e. The Kier molecular flexibility index (Phi) is 4.60. The molecule has 0 atom stereocenters. The maximum absolute atomic E-state index is 14.3. The third kappa shape index (κ3) is 3.36. The number of phenols is 1. The van der Waals surface area contributed by atoms with Crippen LogP contribution in [0.1, 0.15) is 32.6 Å². The van der Waals surface area contributed by atoms with E-state index < -0.39 is 5.95 Å². The highest BCUT2D eigenvalue weighted by atomic mass is 19.1. The average molecular weight is 313 g/mol. The van der Waals surface area contributed by atoms with E-state index >= 15 is 0 Å². The zero-order chi connectivity index (χ0) is 16.2. The number of benzene rings is 2. The van der Waals surface area contributed by atoms with Crippen molar-refractivity contribution >= 4 is 21.7 Å². The number of aromatic nitrogens is 1. The highest BCUT2D eigenvalue weighted by molar-refractivity contribution is 6.06. The van der Waals surface area contributed by atoms with Gasteiger partial charge in [-0.15, -0.1) is 0 Å². The summed E-state index contributed by atoms with van der Waals surface area (Å²) in [6.45, 7) is 2.81. The molecule has 120 valence electrons. The molecule has 0 saturated heterocycles. The van der Waals surface area contributed by atoms with Crippen LogP contribution < -0.4 is 4.74 Å². The minimum absolute atomic E-state index is 0.0794. The molecule has 3 aromatic rings. The van der Waals surface area contributed by atoms with Gasteiger partial charge < -0.3 is 9.84 Å². The summed E-state index contributed by atoms with van der Waals surface area (Å²) in [5.74, 6) is 0.193. The monoisotopic (exact) mass is 313 g/mol. The number of phenolic OH excluding ortho intramolecular Hbond substituents is 1. The van der Waals surface area contributed by atoms with Crippen LogP contribution in [-0.4, -0.2) is 16.7 Å². The van der Waals surface area contributed by atoms with Crippen molar-refractivity contribution in [1.29, 1.82) is 0 Å². The number of unbranched alkanes of at least 4 members (excludes halogenated alkanes) is 3. The van der Waals surface area contributed by atoms with Crippen LogP contribution >= 0.6 is 0 Å². The summed E-state index contributed by atoms with van der Waals surface area (Å²) in [5.41, 5.74) is 0.447. The number of rotatable bonds is 6. The third-order valence-electron chi connectivity index (χ3n) is 3.97. The van der Waals surface area contributed by atoms with Crippen LogP contribution in [0.4, 0.5) is 4.39 Å². The number of ether oxygens (including phenoxy) is 1. The molecular weight excluding hydrogens is 293 g/mol. The van der Waals surface area contributed by atoms with Gasteiger partial charge in [0.25, 0.3) is 0 Å². The van der Waals surface area contributed by atoms with Crippen LogP contribution in [-0.2, 0) is 0 Å². The first kappa shape index (κ1) is 15.5. The molecule has 0 radical (unpaired) electrons. The van der Waals surface area contributed by atoms with Crippen molar-refractivity contribution in [3.63, 3.8) is 0 Å². The molecule has 0 aliphatic carbocycles. The summed E-state index contributed by atoms with van der Waals surface area (Å²) >= 11 is 0. The molecule has 1 heterocycles. The van der Waals surface area contributed by atoms with Crippen LogP contribution in [0.15, 0.2) is 36.4 Å². The fourth-order valence-electron chi connectivity index (χ4n) is 2.74. The predicted molar refractivity (Wildman–Crippen MR) is 90.5 cm³/mol. The first-order chi connectivity index (χ1) is 11.2. The molecule has 0 amide bonds. The number of halogens is 1. The van der Waals surface area contributed by atoms with Gasteiger partial charge in [0.15, 0.2) is 0 Å². The van der Waals surface area contributed by atoms with Gasteiger partial charge in [-0.25, -0.2) is 4.98 Å². The molecule has 2 aromatic carbocycles. The van der Waals surface area contributed by atoms with Crippen LogP contribution in [0, 0.1) is 5.95 Å². The fraction of sp³-hybridized carbons (Fsp3) is 0.316. The molecule has 0 aliphatic rings. The quantitative estimate of drug-likeness (QED) is 0.387. The standard InChI is InChI=1S/C19H20FNO2/c1-2-3-4-5-10-23-14-7-9-15-16-8-6-13(22)11-18(16)21-19(20)17(15)12-14/h6-9,11-12,22H,2-5,10H2,1H3. The fourth-order valence-corrected chi connectivity index (χ4v) is 2.74. The minimum atomic E-state index is -0.547. The third-order valence-corrected chi connectivity index (χ3v) is 3.97. The summed E-state index contributed by atoms with van der Waals surface area (Å²) in [5, 5.41) is 11.5. The molecule has 1 N–H and O–H groups in total. The van der Waals surface area contributed by atoms with E-state index in [2.05, 4.69) is 11.9 Å². The first-order valence-electron chi connectivity index (χ1n) is 8.04. The van der Waals surface area contributed by atoms with Crippen LogP contribution in [0.5, 0.6) is 11.5 Å². The van der Waals surface area contributed by atoms with Crippen molar-refractivity contribution < 1.29 is 14.2 Å². The van der Waals surface area contributed by atoms with E-state index in [0.29, 0.717) is 23.3 Å². The molecule has 1 aromatic heterocycles. The lowest BCUT2D eigenvalue weighted by molar-refractivity contribution is 0.305. The average Bonchev–Trinajstić information content (AvgIpc) is 2.54. The second-order valence-corrected chi connectivity index (χ2v) is 5.72. The van der Waals surface area contributed by atoms with E-state index in [-0.39, 0.29) is 5.75 Å². The number of hydrogen-bond acceptors (Lipinski definition) is 3. The van der Waals surface area contributed by atoms with Crippen LogP contribution in [0.2, 0.25) is 0 Å². The van der Waals surface area contributed by atoms with E-state index in [1.807, 2.05) is 12.1 Å². The number of pyridine rings is 1. The minimum Gasteiger partial charge on any atom is -0.508 e. The van der Waals surface area contributed by atoms with Gasteiger partial charge in [-0.2, -0.15) is 4.39 Å². The van der Waals surface area contributed by atoms with Crippen LogP contribution in [0.3, 0.4) is 0 Å². The van der Waals surface area contributed by atoms with Gasteiger partial charge in [-0.3, -0.25) is 0 Å². The summed E-state index contributed by atoms with van der Waals surface area (Å²) in [4.78, 5) is 3.94. The summed E-state index contributed by atoms with van der Waals surface area (Å²) in [6.07, 6.45) is 4.55. The topological polar surface area (TPSA) is 42.4 Å². The molecule has 4 heteroatoms. The Bertz CT molecular complexity index is 832. The molecule has 0 fully saturated rings. The van der Waals surface area contributed by atoms with Crippen molar-refractivity contribution in [1.82, 2.24) is 4.98 Å². The lowest BCUT2D eigenvalue weighted by Crippen LogP contribution is -1.98. The van der Waals surface area contributed by atoms with Gasteiger partial charge in [0.2, 0.25) is 5.95 Å². The highest BCUT2D eigenvalue weighted by Crippen LogP contribution is 2.30. The number of fused-ring (bicyclic) bond motifs is 3. The lowest BCUT2D eigenvalue weighted by Gasteiger charge is -2.09. The first-order valence-corrected chi connectivity index (χ1v) is 8.04. The Morgan fingerprint density at radius 3 is 2.65 bits per heavy atom. The molecule has 23 heavy (non-hydrogen) atoms. The normalized spacial score (nSPS) is 11.2. The highest BCUT2D eigenvalue weighted by Gasteiger charge is 2.10. The molecule has 3 nitrogen and oxygen atoms in total. The predicted octanol–water partition coefficient (Wildman–Crippen LogP) is 5.19. The van der Waals surface area contributed by atoms with Crippen molar-refractivity contribution in [3.8, 4) is 11.5 Å². The Morgan fingerprint density at radius 2 is 1.83 bits per heavy atom. The van der Waals surface area contributed by atoms with Crippen molar-refractivity contribution in [2.24, 2.45) is 0 Å². The molecule has 0 bridgehead atoms. The van der Waals surface area contributed by atoms with Gasteiger partial charge in [0, 0.05) is 16.8 Å². The summed E-state index contributed by atoms with van der Waals surface area (Å²) in [6, 6.07) is 10.2. The van der Waals surface area contributed by atoms with Crippen LogP contribution in [0.25, 0.3) is 21.7 Å². The molecular formula is C19H20FNO2. The van der Waals surface area contributed by atoms with Gasteiger partial charge >= 0.3 is 0 Å². The van der Waals surface area contributed by atoms with E-state index in [1.165, 1.54) is 18.9 Å². The smallest absolute Gasteiger partial charge is 0.221 e. The maximum atomic E-state index is 14.3. The Labute approximate surface area is 134 Å². The summed E-state index contributed by atoms with van der Waals surface area (Å²) in [7, 11) is 0. The van der Waals surface area contributed by atoms with Crippen molar-refractivity contribution in [2.75, 3.05) is 6.61 Å². The van der Waals surface area contributed by atoms with Gasteiger partial charge in [-0.05, 0) is 42.1 Å². The van der Waals surface area contributed by atoms with Crippen molar-refractivity contribution in [3.05, 3.63) is 42.3 Å². The van der Waals surface area contributed by atoms with Gasteiger partial charge in [0.05, 0.1) is 12.1 Å². The van der Waals surface area contributed by atoms with E-state index in [4.69, 9.17) is 4.74 Å². The molecule has 0 aliphatic heterocycles. The Balaban J connectivity index is 1.89.